The Morgan fingerprint density at radius 1 is 1.50 bits per heavy atom. The van der Waals surface area contributed by atoms with Crippen LogP contribution in [0.5, 0.6) is 0 Å². The van der Waals surface area contributed by atoms with Gasteiger partial charge < -0.3 is 15.1 Å². The monoisotopic (exact) mass is 197 g/mol. The first-order valence-corrected chi connectivity index (χ1v) is 5.21. The van der Waals surface area contributed by atoms with Gasteiger partial charge in [0.2, 0.25) is 0 Å². The van der Waals surface area contributed by atoms with Crippen molar-refractivity contribution in [2.24, 2.45) is 5.73 Å². The Hall–Kier alpha value is -1.03. The fraction of sp³-hybridized carbons (Fsp3) is 0.700. The second kappa shape index (κ2) is 5.65. The number of hydrogen-bond acceptors (Lipinski definition) is 4. The van der Waals surface area contributed by atoms with Crippen LogP contribution in [0.25, 0.3) is 0 Å². The van der Waals surface area contributed by atoms with Crippen molar-refractivity contribution in [3.8, 4) is 0 Å². The van der Waals surface area contributed by atoms with E-state index in [-0.39, 0.29) is 0 Å². The van der Waals surface area contributed by atoms with Gasteiger partial charge in [-0.3, -0.25) is 0 Å². The zero-order chi connectivity index (χ0) is 10.4. The molecule has 14 heavy (non-hydrogen) atoms. The van der Waals surface area contributed by atoms with E-state index in [9.17, 15) is 0 Å². The Kier molecular flexibility index (Phi) is 4.46. The van der Waals surface area contributed by atoms with Crippen LogP contribution >= 0.6 is 0 Å². The minimum absolute atomic E-state index is 0.439. The van der Waals surface area contributed by atoms with Gasteiger partial charge in [0.1, 0.15) is 6.26 Å². The van der Waals surface area contributed by atoms with E-state index in [1.165, 1.54) is 6.42 Å². The number of nitrogens with two attached hydrogens (primary N) is 1. The maximum absolute atomic E-state index is 5.46. The van der Waals surface area contributed by atoms with Gasteiger partial charge in [0.15, 0.2) is 0 Å². The van der Waals surface area contributed by atoms with Crippen molar-refractivity contribution in [3.63, 3.8) is 0 Å². The SMILES string of the molecule is CCCCN(CC)c1nc(CN)co1. The van der Waals surface area contributed by atoms with E-state index >= 15 is 0 Å². The fourth-order valence-electron chi connectivity index (χ4n) is 1.27. The molecule has 0 saturated heterocycles. The van der Waals surface area contributed by atoms with Crippen molar-refractivity contribution in [1.82, 2.24) is 4.98 Å². The van der Waals surface area contributed by atoms with Crippen molar-refractivity contribution < 1.29 is 4.42 Å². The molecule has 4 heteroatoms. The summed E-state index contributed by atoms with van der Waals surface area (Å²) in [4.78, 5) is 6.41. The highest BCUT2D eigenvalue weighted by molar-refractivity contribution is 5.26. The van der Waals surface area contributed by atoms with Gasteiger partial charge in [-0.25, -0.2) is 0 Å². The zero-order valence-corrected chi connectivity index (χ0v) is 8.99. The Morgan fingerprint density at radius 3 is 2.79 bits per heavy atom. The highest BCUT2D eigenvalue weighted by atomic mass is 16.4. The predicted molar refractivity (Wildman–Crippen MR) is 57.2 cm³/mol. The molecule has 0 bridgehead atoms. The van der Waals surface area contributed by atoms with Gasteiger partial charge in [0.05, 0.1) is 5.69 Å². The van der Waals surface area contributed by atoms with Crippen LogP contribution in [0, 0.1) is 0 Å². The highest BCUT2D eigenvalue weighted by Crippen LogP contribution is 2.13. The second-order valence-corrected chi connectivity index (χ2v) is 3.26. The number of aromatic nitrogens is 1. The molecule has 0 saturated carbocycles. The normalized spacial score (nSPS) is 10.5. The van der Waals surface area contributed by atoms with Crippen molar-refractivity contribution >= 4 is 6.01 Å². The molecule has 4 nitrogen and oxygen atoms in total. The average molecular weight is 197 g/mol. The van der Waals surface area contributed by atoms with Crippen LogP contribution in [0.3, 0.4) is 0 Å². The molecule has 0 amide bonds. The summed E-state index contributed by atoms with van der Waals surface area (Å²) in [5, 5.41) is 0. The summed E-state index contributed by atoms with van der Waals surface area (Å²) in [6.45, 7) is 6.63. The first-order chi connectivity index (χ1) is 6.81. The lowest BCUT2D eigenvalue weighted by Gasteiger charge is -2.17. The van der Waals surface area contributed by atoms with E-state index < -0.39 is 0 Å². The summed E-state index contributed by atoms with van der Waals surface area (Å²) in [7, 11) is 0. The molecule has 0 aliphatic heterocycles. The minimum atomic E-state index is 0.439. The van der Waals surface area contributed by atoms with Gasteiger partial charge in [-0.05, 0) is 13.3 Å². The molecule has 0 unspecified atom stereocenters. The van der Waals surface area contributed by atoms with E-state index in [1.54, 1.807) is 6.26 Å². The molecule has 0 fully saturated rings. The molecule has 0 spiro atoms. The Balaban J connectivity index is 2.58. The summed E-state index contributed by atoms with van der Waals surface area (Å²) in [6, 6.07) is 0.696. The summed E-state index contributed by atoms with van der Waals surface area (Å²) in [5.74, 6) is 0. The van der Waals surface area contributed by atoms with Gasteiger partial charge in [-0.2, -0.15) is 4.98 Å². The highest BCUT2D eigenvalue weighted by Gasteiger charge is 2.09. The number of nitrogens with zero attached hydrogens (tertiary/aromatic N) is 2. The maximum Gasteiger partial charge on any atom is 0.297 e. The molecule has 80 valence electrons. The molecule has 1 aromatic rings. The number of unbranched alkanes of at least 4 members (excludes halogenated alkanes) is 1. The Morgan fingerprint density at radius 2 is 2.29 bits per heavy atom. The first-order valence-electron chi connectivity index (χ1n) is 5.21. The topological polar surface area (TPSA) is 55.3 Å². The summed E-state index contributed by atoms with van der Waals surface area (Å²) < 4.78 is 5.34. The number of oxazole rings is 1. The fourth-order valence-corrected chi connectivity index (χ4v) is 1.27. The molecular formula is C10H19N3O. The van der Waals surface area contributed by atoms with Crippen molar-refractivity contribution in [3.05, 3.63) is 12.0 Å². The molecule has 0 atom stereocenters. The number of anilines is 1. The lowest BCUT2D eigenvalue weighted by atomic mass is 10.3. The first kappa shape index (κ1) is 11.0. The molecule has 1 rings (SSSR count). The van der Waals surface area contributed by atoms with E-state index in [0.29, 0.717) is 12.6 Å². The third-order valence-electron chi connectivity index (χ3n) is 2.18. The molecule has 0 aliphatic carbocycles. The summed E-state index contributed by atoms with van der Waals surface area (Å²) >= 11 is 0. The van der Waals surface area contributed by atoms with Gasteiger partial charge in [0, 0.05) is 19.6 Å². The van der Waals surface area contributed by atoms with Crippen LogP contribution < -0.4 is 10.6 Å². The minimum Gasteiger partial charge on any atom is -0.432 e. The van der Waals surface area contributed by atoms with Crippen molar-refractivity contribution in [2.45, 2.75) is 33.2 Å². The third kappa shape index (κ3) is 2.73. The molecular weight excluding hydrogens is 178 g/mol. The van der Waals surface area contributed by atoms with Crippen molar-refractivity contribution in [1.29, 1.82) is 0 Å². The van der Waals surface area contributed by atoms with E-state index in [0.717, 1.165) is 25.2 Å². The smallest absolute Gasteiger partial charge is 0.297 e. The van der Waals surface area contributed by atoms with E-state index in [2.05, 4.69) is 23.7 Å². The van der Waals surface area contributed by atoms with Gasteiger partial charge in [-0.15, -0.1) is 0 Å². The van der Waals surface area contributed by atoms with Crippen LogP contribution in [-0.4, -0.2) is 18.1 Å². The lowest BCUT2D eigenvalue weighted by molar-refractivity contribution is 0.530. The van der Waals surface area contributed by atoms with Crippen LogP contribution in [0.4, 0.5) is 6.01 Å². The Labute approximate surface area is 85.1 Å². The van der Waals surface area contributed by atoms with Crippen LogP contribution in [-0.2, 0) is 6.54 Å². The molecule has 0 aliphatic rings. The van der Waals surface area contributed by atoms with Crippen molar-refractivity contribution in [2.75, 3.05) is 18.0 Å². The average Bonchev–Trinajstić information content (AvgIpc) is 2.68. The van der Waals surface area contributed by atoms with Crippen LogP contribution in [0.1, 0.15) is 32.4 Å². The standard InChI is InChI=1S/C10H19N3O/c1-3-5-6-13(4-2)10-12-9(7-11)8-14-10/h8H,3-7,11H2,1-2H3. The van der Waals surface area contributed by atoms with E-state index in [1.807, 2.05) is 0 Å². The third-order valence-corrected chi connectivity index (χ3v) is 2.18. The van der Waals surface area contributed by atoms with Crippen LogP contribution in [0.15, 0.2) is 10.7 Å². The lowest BCUT2D eigenvalue weighted by Crippen LogP contribution is -2.24. The zero-order valence-electron chi connectivity index (χ0n) is 8.99. The quantitative estimate of drug-likeness (QED) is 0.755. The maximum atomic E-state index is 5.46. The predicted octanol–water partition coefficient (Wildman–Crippen LogP) is 1.76. The van der Waals surface area contributed by atoms with Crippen LogP contribution in [0.2, 0.25) is 0 Å². The van der Waals surface area contributed by atoms with Gasteiger partial charge in [-0.1, -0.05) is 13.3 Å². The summed E-state index contributed by atoms with van der Waals surface area (Å²) in [6.07, 6.45) is 3.97. The van der Waals surface area contributed by atoms with Gasteiger partial charge in [0.25, 0.3) is 6.01 Å². The second-order valence-electron chi connectivity index (χ2n) is 3.26. The molecule has 0 radical (unpaired) electrons. The summed E-state index contributed by atoms with van der Waals surface area (Å²) in [5.41, 5.74) is 6.28. The Bertz CT molecular complexity index is 260. The van der Waals surface area contributed by atoms with E-state index in [4.69, 9.17) is 10.2 Å². The molecule has 0 aromatic carbocycles. The largest absolute Gasteiger partial charge is 0.432 e. The molecule has 2 N–H and O–H groups in total. The molecule has 1 aromatic heterocycles. The molecule has 1 heterocycles. The number of rotatable bonds is 6. The number of hydrogen-bond donors (Lipinski definition) is 1. The van der Waals surface area contributed by atoms with Gasteiger partial charge >= 0.3 is 0 Å².